The number of fused-ring (bicyclic) bond motifs is 1. The van der Waals surface area contributed by atoms with Crippen LogP contribution in [0, 0.1) is 0 Å². The smallest absolute Gasteiger partial charge is 0.326 e. The van der Waals surface area contributed by atoms with Gasteiger partial charge in [0, 0.05) is 5.92 Å². The summed E-state index contributed by atoms with van der Waals surface area (Å²) in [4.78, 5) is 40.2. The molecule has 28 heavy (non-hydrogen) atoms. The second kappa shape index (κ2) is 7.19. The van der Waals surface area contributed by atoms with E-state index in [2.05, 4.69) is 28.5 Å². The number of nitrogen functional groups attached to an aromatic ring is 1. The van der Waals surface area contributed by atoms with E-state index in [4.69, 9.17) is 5.73 Å². The molecule has 1 amide bonds. The average molecular weight is 376 g/mol. The van der Waals surface area contributed by atoms with Crippen LogP contribution in [0.15, 0.2) is 64.2 Å². The van der Waals surface area contributed by atoms with Gasteiger partial charge in [-0.3, -0.25) is 14.6 Å². The number of nitrogens with two attached hydrogens (primary N) is 1. The summed E-state index contributed by atoms with van der Waals surface area (Å²) in [6, 6.07) is 18.0. The average Bonchev–Trinajstić information content (AvgIpc) is 2.71. The van der Waals surface area contributed by atoms with E-state index in [-0.39, 0.29) is 23.3 Å². The van der Waals surface area contributed by atoms with Crippen LogP contribution >= 0.6 is 0 Å². The van der Waals surface area contributed by atoms with E-state index >= 15 is 0 Å². The van der Waals surface area contributed by atoms with Gasteiger partial charge in [0.25, 0.3) is 11.5 Å². The molecule has 0 unspecified atom stereocenters. The first-order valence-corrected chi connectivity index (χ1v) is 9.11. The molecule has 0 saturated carbocycles. The molecule has 1 heterocycles. The number of rotatable bonds is 3. The highest BCUT2D eigenvalue weighted by atomic mass is 16.2. The van der Waals surface area contributed by atoms with Gasteiger partial charge in [-0.25, -0.2) is 4.79 Å². The monoisotopic (exact) mass is 376 g/mol. The molecule has 7 heteroatoms. The van der Waals surface area contributed by atoms with Gasteiger partial charge in [-0.2, -0.15) is 0 Å². The molecule has 2 aromatic carbocycles. The molecule has 0 radical (unpaired) electrons. The zero-order valence-electron chi connectivity index (χ0n) is 15.1. The molecule has 0 aliphatic heterocycles. The van der Waals surface area contributed by atoms with Crippen molar-refractivity contribution in [3.05, 3.63) is 97.8 Å². The molecule has 4 rings (SSSR count). The molecular formula is C21H20N4O3. The molecule has 0 bridgehead atoms. The zero-order valence-corrected chi connectivity index (χ0v) is 15.1. The van der Waals surface area contributed by atoms with Crippen LogP contribution in [0.1, 0.15) is 52.0 Å². The van der Waals surface area contributed by atoms with Crippen LogP contribution < -0.4 is 22.3 Å². The minimum atomic E-state index is -0.776. The number of carbonyl (C=O) groups excluding carboxylic acids is 1. The van der Waals surface area contributed by atoms with Gasteiger partial charge in [-0.1, -0.05) is 54.6 Å². The van der Waals surface area contributed by atoms with E-state index in [0.717, 1.165) is 24.0 Å². The van der Waals surface area contributed by atoms with Crippen LogP contribution in [0.25, 0.3) is 0 Å². The number of anilines is 1. The summed E-state index contributed by atoms with van der Waals surface area (Å²) in [5.41, 5.74) is 7.05. The van der Waals surface area contributed by atoms with Crippen LogP contribution in [0.5, 0.6) is 0 Å². The summed E-state index contributed by atoms with van der Waals surface area (Å²) in [6.07, 6.45) is 1.60. The number of aromatic amines is 2. The Morgan fingerprint density at radius 1 is 0.929 bits per heavy atom. The molecule has 0 fully saturated rings. The first kappa shape index (κ1) is 17.8. The van der Waals surface area contributed by atoms with Gasteiger partial charge in [0.1, 0.15) is 11.4 Å². The predicted molar refractivity (Wildman–Crippen MR) is 106 cm³/mol. The Labute approximate surface area is 160 Å². The predicted octanol–water partition coefficient (Wildman–Crippen LogP) is 2.04. The number of benzene rings is 2. The third-order valence-electron chi connectivity index (χ3n) is 5.20. The summed E-state index contributed by atoms with van der Waals surface area (Å²) in [5.74, 6) is -0.311. The number of amides is 1. The highest BCUT2D eigenvalue weighted by Gasteiger charge is 2.29. The van der Waals surface area contributed by atoms with E-state index in [1.54, 1.807) is 0 Å². The van der Waals surface area contributed by atoms with Gasteiger partial charge in [-0.15, -0.1) is 0 Å². The largest absolute Gasteiger partial charge is 0.392 e. The second-order valence-corrected chi connectivity index (χ2v) is 6.89. The minimum Gasteiger partial charge on any atom is -0.392 e. The number of hydrogen-bond acceptors (Lipinski definition) is 4. The Balaban J connectivity index is 1.65. The van der Waals surface area contributed by atoms with E-state index in [1.165, 1.54) is 5.56 Å². The van der Waals surface area contributed by atoms with Gasteiger partial charge in [0.2, 0.25) is 0 Å². The van der Waals surface area contributed by atoms with Crippen LogP contribution in [0.3, 0.4) is 0 Å². The fraction of sp³-hybridized carbons (Fsp3) is 0.190. The molecule has 142 valence electrons. The summed E-state index contributed by atoms with van der Waals surface area (Å²) < 4.78 is 0. The molecule has 0 spiro atoms. The van der Waals surface area contributed by atoms with Crippen molar-refractivity contribution in [1.82, 2.24) is 15.3 Å². The fourth-order valence-corrected chi connectivity index (χ4v) is 3.88. The number of aromatic nitrogens is 2. The van der Waals surface area contributed by atoms with Gasteiger partial charge in [-0.05, 0) is 29.5 Å². The zero-order chi connectivity index (χ0) is 19.7. The molecule has 1 aromatic heterocycles. The quantitative estimate of drug-likeness (QED) is 0.559. The summed E-state index contributed by atoms with van der Waals surface area (Å²) >= 11 is 0. The van der Waals surface area contributed by atoms with Crippen LogP contribution in [0.2, 0.25) is 0 Å². The second-order valence-electron chi connectivity index (χ2n) is 6.89. The lowest BCUT2D eigenvalue weighted by Gasteiger charge is -2.32. The van der Waals surface area contributed by atoms with Crippen molar-refractivity contribution in [2.75, 3.05) is 5.73 Å². The number of carbonyl (C=O) groups is 1. The van der Waals surface area contributed by atoms with Crippen LogP contribution in [-0.4, -0.2) is 15.9 Å². The Hall–Kier alpha value is -3.61. The van der Waals surface area contributed by atoms with Gasteiger partial charge >= 0.3 is 5.69 Å². The maximum absolute atomic E-state index is 12.7. The maximum Gasteiger partial charge on any atom is 0.326 e. The molecule has 7 nitrogen and oxygen atoms in total. The highest BCUT2D eigenvalue weighted by molar-refractivity contribution is 5.97. The van der Waals surface area contributed by atoms with E-state index < -0.39 is 17.2 Å². The standard InChI is InChI=1S/C21H20N4O3/c22-17-18(24-21(28)25-19(17)26)20(27)23-16-11-10-13(12-6-2-1-3-7-12)14-8-4-5-9-15(14)16/h1-9,13,16H,10-11,22H2,(H,23,27)(H2,24,25,26,28)/t13-,16-/m1/s1. The SMILES string of the molecule is Nc1c(C(=O)N[C@@H]2CC[C@H](c3ccccc3)c3ccccc32)[nH]c(=O)[nH]c1=O. The van der Waals surface area contributed by atoms with Gasteiger partial charge < -0.3 is 16.0 Å². The van der Waals surface area contributed by atoms with Crippen LogP contribution in [0.4, 0.5) is 5.69 Å². The normalized spacial score (nSPS) is 18.3. The molecular weight excluding hydrogens is 356 g/mol. The van der Waals surface area contributed by atoms with Crippen LogP contribution in [-0.2, 0) is 0 Å². The summed E-state index contributed by atoms with van der Waals surface area (Å²) in [6.45, 7) is 0. The van der Waals surface area contributed by atoms with E-state index in [9.17, 15) is 14.4 Å². The van der Waals surface area contributed by atoms with Crippen molar-refractivity contribution in [1.29, 1.82) is 0 Å². The lowest BCUT2D eigenvalue weighted by molar-refractivity contribution is 0.0927. The molecule has 2 atom stereocenters. The molecule has 3 aromatic rings. The topological polar surface area (TPSA) is 121 Å². The van der Waals surface area contributed by atoms with Crippen molar-refractivity contribution < 1.29 is 4.79 Å². The molecule has 0 saturated heterocycles. The summed E-state index contributed by atoms with van der Waals surface area (Å²) in [7, 11) is 0. The number of nitrogens with one attached hydrogen (secondary N) is 3. The third-order valence-corrected chi connectivity index (χ3v) is 5.20. The van der Waals surface area contributed by atoms with Gasteiger partial charge in [0.05, 0.1) is 6.04 Å². The van der Waals surface area contributed by atoms with Crippen molar-refractivity contribution in [3.63, 3.8) is 0 Å². The Kier molecular flexibility index (Phi) is 4.57. The van der Waals surface area contributed by atoms with E-state index in [0.29, 0.717) is 0 Å². The lowest BCUT2D eigenvalue weighted by Crippen LogP contribution is -2.36. The fourth-order valence-electron chi connectivity index (χ4n) is 3.88. The van der Waals surface area contributed by atoms with E-state index in [1.807, 2.05) is 41.4 Å². The third kappa shape index (κ3) is 3.22. The van der Waals surface area contributed by atoms with Crippen molar-refractivity contribution in [3.8, 4) is 0 Å². The Morgan fingerprint density at radius 2 is 1.61 bits per heavy atom. The molecule has 1 aliphatic carbocycles. The lowest BCUT2D eigenvalue weighted by atomic mass is 9.77. The Morgan fingerprint density at radius 3 is 2.36 bits per heavy atom. The van der Waals surface area contributed by atoms with Crippen molar-refractivity contribution in [2.24, 2.45) is 0 Å². The minimum absolute atomic E-state index is 0.212. The van der Waals surface area contributed by atoms with Gasteiger partial charge in [0.15, 0.2) is 0 Å². The first-order valence-electron chi connectivity index (χ1n) is 9.11. The number of H-pyrrole nitrogens is 2. The summed E-state index contributed by atoms with van der Waals surface area (Å²) in [5, 5.41) is 2.92. The number of hydrogen-bond donors (Lipinski definition) is 4. The van der Waals surface area contributed by atoms with Crippen molar-refractivity contribution >= 4 is 11.6 Å². The Bertz CT molecular complexity index is 1130. The molecule has 1 aliphatic rings. The first-order chi connectivity index (χ1) is 13.5. The molecule has 5 N–H and O–H groups in total. The van der Waals surface area contributed by atoms with Crippen molar-refractivity contribution in [2.45, 2.75) is 24.8 Å². The maximum atomic E-state index is 12.7. The highest BCUT2D eigenvalue weighted by Crippen LogP contribution is 2.41.